The van der Waals surface area contributed by atoms with Crippen LogP contribution < -0.4 is 10.6 Å². The second-order valence-corrected chi connectivity index (χ2v) is 6.52. The predicted molar refractivity (Wildman–Crippen MR) is 100 cm³/mol. The van der Waals surface area contributed by atoms with E-state index in [1.807, 2.05) is 48.5 Å². The summed E-state index contributed by atoms with van der Waals surface area (Å²) in [6.45, 7) is 2.25. The van der Waals surface area contributed by atoms with E-state index in [2.05, 4.69) is 10.6 Å². The number of amides is 2. The molecule has 2 aromatic carbocycles. The first-order valence-corrected chi connectivity index (χ1v) is 9.01. The van der Waals surface area contributed by atoms with E-state index in [0.29, 0.717) is 17.3 Å². The highest BCUT2D eigenvalue weighted by Crippen LogP contribution is 2.33. The first-order chi connectivity index (χ1) is 12.1. The number of rotatable bonds is 7. The second-order valence-electron chi connectivity index (χ2n) is 5.00. The molecule has 0 aromatic heterocycles. The summed E-state index contributed by atoms with van der Waals surface area (Å²) in [5.74, 6) is -0.177. The van der Waals surface area contributed by atoms with Gasteiger partial charge < -0.3 is 15.4 Å². The summed E-state index contributed by atoms with van der Waals surface area (Å²) in [5, 5.41) is 6.00. The van der Waals surface area contributed by atoms with Crippen molar-refractivity contribution in [1.82, 2.24) is 5.32 Å². The molecule has 0 bridgehead atoms. The average molecular weight is 379 g/mol. The van der Waals surface area contributed by atoms with Crippen molar-refractivity contribution in [2.45, 2.75) is 23.1 Å². The van der Waals surface area contributed by atoms with Gasteiger partial charge in [0.1, 0.15) is 0 Å². The molecule has 25 heavy (non-hydrogen) atoms. The highest BCUT2D eigenvalue weighted by Gasteiger charge is 2.06. The third-order valence-electron chi connectivity index (χ3n) is 3.10. The molecular weight excluding hydrogens is 360 g/mol. The molecule has 2 aromatic rings. The molecule has 5 nitrogen and oxygen atoms in total. The first-order valence-electron chi connectivity index (χ1n) is 7.81. The summed E-state index contributed by atoms with van der Waals surface area (Å²) in [6, 6.07) is 15.1. The van der Waals surface area contributed by atoms with Crippen LogP contribution in [0.1, 0.15) is 13.3 Å². The van der Waals surface area contributed by atoms with Crippen molar-refractivity contribution in [3.63, 3.8) is 0 Å². The lowest BCUT2D eigenvalue weighted by molar-refractivity contribution is -0.116. The largest absolute Gasteiger partial charge is 0.450 e. The van der Waals surface area contributed by atoms with E-state index in [0.717, 1.165) is 9.79 Å². The lowest BCUT2D eigenvalue weighted by atomic mass is 10.3. The number of anilines is 1. The van der Waals surface area contributed by atoms with Gasteiger partial charge in [-0.25, -0.2) is 4.79 Å². The molecule has 0 heterocycles. The lowest BCUT2D eigenvalue weighted by Gasteiger charge is -2.08. The fourth-order valence-electron chi connectivity index (χ4n) is 1.94. The van der Waals surface area contributed by atoms with Gasteiger partial charge in [0, 0.05) is 28.4 Å². The maximum absolute atomic E-state index is 11.8. The molecule has 0 aliphatic heterocycles. The van der Waals surface area contributed by atoms with Gasteiger partial charge >= 0.3 is 6.09 Å². The molecule has 0 unspecified atom stereocenters. The van der Waals surface area contributed by atoms with E-state index in [9.17, 15) is 9.59 Å². The zero-order chi connectivity index (χ0) is 18.1. The Morgan fingerprint density at radius 1 is 1.12 bits per heavy atom. The van der Waals surface area contributed by atoms with E-state index in [4.69, 9.17) is 16.3 Å². The quantitative estimate of drug-likeness (QED) is 0.740. The molecule has 132 valence electrons. The molecule has 0 spiro atoms. The number of carbonyl (C=O) groups excluding carboxylic acids is 2. The van der Waals surface area contributed by atoms with Crippen LogP contribution in [0.15, 0.2) is 58.3 Å². The van der Waals surface area contributed by atoms with Crippen molar-refractivity contribution in [3.8, 4) is 0 Å². The van der Waals surface area contributed by atoms with Gasteiger partial charge in [-0.3, -0.25) is 4.79 Å². The van der Waals surface area contributed by atoms with Gasteiger partial charge in [-0.15, -0.1) is 0 Å². The summed E-state index contributed by atoms with van der Waals surface area (Å²) < 4.78 is 4.72. The fourth-order valence-corrected chi connectivity index (χ4v) is 3.03. The van der Waals surface area contributed by atoms with E-state index >= 15 is 0 Å². The van der Waals surface area contributed by atoms with Crippen LogP contribution in [-0.4, -0.2) is 25.2 Å². The maximum Gasteiger partial charge on any atom is 0.407 e. The van der Waals surface area contributed by atoms with Crippen LogP contribution in [-0.2, 0) is 9.53 Å². The van der Waals surface area contributed by atoms with Crippen molar-refractivity contribution < 1.29 is 14.3 Å². The van der Waals surface area contributed by atoms with Crippen molar-refractivity contribution in [3.05, 3.63) is 53.6 Å². The fraction of sp³-hybridized carbons (Fsp3) is 0.222. The van der Waals surface area contributed by atoms with E-state index in [1.165, 1.54) is 0 Å². The topological polar surface area (TPSA) is 67.4 Å². The maximum atomic E-state index is 11.8. The van der Waals surface area contributed by atoms with Gasteiger partial charge in [0.2, 0.25) is 5.91 Å². The smallest absolute Gasteiger partial charge is 0.407 e. The molecule has 0 atom stereocenters. The summed E-state index contributed by atoms with van der Waals surface area (Å²) in [6.07, 6.45) is -0.342. The number of ether oxygens (including phenoxy) is 1. The van der Waals surface area contributed by atoms with Crippen LogP contribution in [0.25, 0.3) is 0 Å². The number of carbonyl (C=O) groups is 2. The molecular formula is C18H19ClN2O3S. The van der Waals surface area contributed by atoms with Gasteiger partial charge in [-0.1, -0.05) is 35.5 Å². The Morgan fingerprint density at radius 3 is 2.52 bits per heavy atom. The number of hydrogen-bond acceptors (Lipinski definition) is 4. The third-order valence-corrected chi connectivity index (χ3v) is 4.62. The summed E-state index contributed by atoms with van der Waals surface area (Å²) in [5.41, 5.74) is 0.699. The van der Waals surface area contributed by atoms with Crippen molar-refractivity contribution >= 4 is 41.1 Å². The molecule has 0 saturated heterocycles. The standard InChI is InChI=1S/C18H19ClN2O3S/c1-2-24-18(23)20-12-11-17(22)21-13-7-9-14(10-8-13)25-16-6-4-3-5-15(16)19/h3-10H,2,11-12H2,1H3,(H,20,23)(H,21,22). The van der Waals surface area contributed by atoms with E-state index in [1.54, 1.807) is 18.7 Å². The molecule has 0 aliphatic rings. The van der Waals surface area contributed by atoms with Crippen LogP contribution in [0.4, 0.5) is 10.5 Å². The molecule has 2 amide bonds. The van der Waals surface area contributed by atoms with Crippen LogP contribution in [0.5, 0.6) is 0 Å². The molecule has 0 radical (unpaired) electrons. The normalized spacial score (nSPS) is 10.2. The number of nitrogens with one attached hydrogen (secondary N) is 2. The monoisotopic (exact) mass is 378 g/mol. The predicted octanol–water partition coefficient (Wildman–Crippen LogP) is 4.57. The average Bonchev–Trinajstić information content (AvgIpc) is 2.59. The van der Waals surface area contributed by atoms with E-state index < -0.39 is 6.09 Å². The summed E-state index contributed by atoms with van der Waals surface area (Å²) in [7, 11) is 0. The minimum atomic E-state index is -0.517. The number of hydrogen-bond donors (Lipinski definition) is 2. The van der Waals surface area contributed by atoms with Crippen molar-refractivity contribution in [2.24, 2.45) is 0 Å². The Balaban J connectivity index is 1.81. The lowest BCUT2D eigenvalue weighted by Crippen LogP contribution is -2.28. The third kappa shape index (κ3) is 6.68. The van der Waals surface area contributed by atoms with Gasteiger partial charge in [-0.2, -0.15) is 0 Å². The van der Waals surface area contributed by atoms with Crippen LogP contribution in [0.3, 0.4) is 0 Å². The molecule has 0 fully saturated rings. The minimum absolute atomic E-state index is 0.176. The van der Waals surface area contributed by atoms with Crippen molar-refractivity contribution in [1.29, 1.82) is 0 Å². The Morgan fingerprint density at radius 2 is 1.84 bits per heavy atom. The van der Waals surface area contributed by atoms with Gasteiger partial charge in [0.05, 0.1) is 11.6 Å². The highest BCUT2D eigenvalue weighted by atomic mass is 35.5. The van der Waals surface area contributed by atoms with Gasteiger partial charge in [-0.05, 0) is 43.3 Å². The molecule has 0 aliphatic carbocycles. The molecule has 2 rings (SSSR count). The Kier molecular flexibility index (Phi) is 7.63. The molecule has 7 heteroatoms. The second kappa shape index (κ2) is 9.96. The van der Waals surface area contributed by atoms with Gasteiger partial charge in [0.15, 0.2) is 0 Å². The highest BCUT2D eigenvalue weighted by molar-refractivity contribution is 7.99. The Hall–Kier alpha value is -2.18. The Bertz CT molecular complexity index is 723. The van der Waals surface area contributed by atoms with Crippen LogP contribution in [0.2, 0.25) is 5.02 Å². The summed E-state index contributed by atoms with van der Waals surface area (Å²) in [4.78, 5) is 25.0. The molecule has 0 saturated carbocycles. The summed E-state index contributed by atoms with van der Waals surface area (Å²) >= 11 is 7.71. The minimum Gasteiger partial charge on any atom is -0.450 e. The first kappa shape index (κ1) is 19.1. The SMILES string of the molecule is CCOC(=O)NCCC(=O)Nc1ccc(Sc2ccccc2Cl)cc1. The zero-order valence-electron chi connectivity index (χ0n) is 13.8. The number of alkyl carbamates (subject to hydrolysis) is 1. The number of halogens is 1. The zero-order valence-corrected chi connectivity index (χ0v) is 15.3. The van der Waals surface area contributed by atoms with Crippen LogP contribution >= 0.6 is 23.4 Å². The van der Waals surface area contributed by atoms with Crippen LogP contribution in [0, 0.1) is 0 Å². The Labute approximate surface area is 156 Å². The van der Waals surface area contributed by atoms with Crippen molar-refractivity contribution in [2.75, 3.05) is 18.5 Å². The number of benzene rings is 2. The van der Waals surface area contributed by atoms with Gasteiger partial charge in [0.25, 0.3) is 0 Å². The molecule has 2 N–H and O–H groups in total. The van der Waals surface area contributed by atoms with E-state index in [-0.39, 0.29) is 18.9 Å².